The molecular weight excluding hydrogens is 274 g/mol. The van der Waals surface area contributed by atoms with Crippen LogP contribution in [0.4, 0.5) is 0 Å². The molecule has 1 unspecified atom stereocenters. The Hall–Kier alpha value is -1.05. The van der Waals surface area contributed by atoms with E-state index in [9.17, 15) is 0 Å². The summed E-state index contributed by atoms with van der Waals surface area (Å²) in [5, 5.41) is 17.9. The van der Waals surface area contributed by atoms with Gasteiger partial charge in [0.15, 0.2) is 5.82 Å². The zero-order valence-electron chi connectivity index (χ0n) is 12.0. The summed E-state index contributed by atoms with van der Waals surface area (Å²) in [7, 11) is 0. The van der Waals surface area contributed by atoms with Gasteiger partial charge in [-0.05, 0) is 32.7 Å². The zero-order valence-corrected chi connectivity index (χ0v) is 12.8. The summed E-state index contributed by atoms with van der Waals surface area (Å²) >= 11 is 1.63. The number of hydrogen-bond acceptors (Lipinski definition) is 6. The molecule has 2 aromatic rings. The maximum Gasteiger partial charge on any atom is 0.234 e. The molecule has 0 aromatic carbocycles. The number of fused-ring (bicyclic) bond motifs is 1. The van der Waals surface area contributed by atoms with Gasteiger partial charge in [0.2, 0.25) is 4.96 Å². The molecule has 1 N–H and O–H groups in total. The molecule has 0 radical (unpaired) electrons. The van der Waals surface area contributed by atoms with E-state index in [-0.39, 0.29) is 6.04 Å². The van der Waals surface area contributed by atoms with Crippen LogP contribution in [-0.2, 0) is 4.74 Å². The van der Waals surface area contributed by atoms with E-state index in [1.54, 1.807) is 11.3 Å². The topological polar surface area (TPSA) is 64.3 Å². The lowest BCUT2D eigenvalue weighted by Gasteiger charge is -2.19. The quantitative estimate of drug-likeness (QED) is 0.915. The molecule has 0 amide bonds. The molecule has 0 spiro atoms. The Balaban J connectivity index is 1.82. The van der Waals surface area contributed by atoms with Crippen molar-refractivity contribution in [3.8, 4) is 0 Å². The summed E-state index contributed by atoms with van der Waals surface area (Å²) in [6, 6.07) is 0.268. The Labute approximate surface area is 122 Å². The van der Waals surface area contributed by atoms with E-state index in [2.05, 4.69) is 29.4 Å². The minimum absolute atomic E-state index is 0.268. The standard InChI is InChI=1S/C13H21N5OS/c1-3-6-14-9(2)12-17-18-11(15-16-13(18)20-12)10-4-7-19-8-5-10/h9-10,14H,3-8H2,1-2H3. The van der Waals surface area contributed by atoms with Crippen LogP contribution in [0.25, 0.3) is 4.96 Å². The second-order valence-corrected chi connectivity index (χ2v) is 6.24. The van der Waals surface area contributed by atoms with E-state index in [1.807, 2.05) is 4.52 Å². The summed E-state index contributed by atoms with van der Waals surface area (Å²) in [6.45, 7) is 6.95. The van der Waals surface area contributed by atoms with E-state index in [0.29, 0.717) is 5.92 Å². The normalized spacial score (nSPS) is 18.7. The highest BCUT2D eigenvalue weighted by Crippen LogP contribution is 2.28. The van der Waals surface area contributed by atoms with Gasteiger partial charge in [-0.1, -0.05) is 18.3 Å². The molecule has 1 saturated heterocycles. The molecule has 1 aliphatic heterocycles. The van der Waals surface area contributed by atoms with Gasteiger partial charge in [-0.2, -0.15) is 9.61 Å². The largest absolute Gasteiger partial charge is 0.381 e. The first-order valence-corrected chi connectivity index (χ1v) is 8.14. The molecule has 6 nitrogen and oxygen atoms in total. The maximum atomic E-state index is 5.41. The minimum atomic E-state index is 0.268. The molecule has 1 atom stereocenters. The fraction of sp³-hybridized carbons (Fsp3) is 0.769. The van der Waals surface area contributed by atoms with Gasteiger partial charge in [0.25, 0.3) is 0 Å². The fourth-order valence-electron chi connectivity index (χ4n) is 2.48. The van der Waals surface area contributed by atoms with Gasteiger partial charge >= 0.3 is 0 Å². The molecule has 1 aliphatic rings. The minimum Gasteiger partial charge on any atom is -0.381 e. The Bertz CT molecular complexity index is 560. The molecule has 0 saturated carbocycles. The summed E-state index contributed by atoms with van der Waals surface area (Å²) in [6.07, 6.45) is 3.15. The summed E-state index contributed by atoms with van der Waals surface area (Å²) < 4.78 is 7.34. The first-order valence-electron chi connectivity index (χ1n) is 7.32. The molecule has 3 rings (SSSR count). The monoisotopic (exact) mass is 295 g/mol. The van der Waals surface area contributed by atoms with Crippen molar-refractivity contribution in [2.75, 3.05) is 19.8 Å². The lowest BCUT2D eigenvalue weighted by atomic mass is 10.00. The van der Waals surface area contributed by atoms with Crippen LogP contribution in [0.15, 0.2) is 0 Å². The van der Waals surface area contributed by atoms with Crippen molar-refractivity contribution in [3.63, 3.8) is 0 Å². The summed E-state index contributed by atoms with van der Waals surface area (Å²) in [5.74, 6) is 1.42. The zero-order chi connectivity index (χ0) is 13.9. The second kappa shape index (κ2) is 6.15. The van der Waals surface area contributed by atoms with Crippen molar-refractivity contribution >= 4 is 16.3 Å². The number of aromatic nitrogens is 4. The van der Waals surface area contributed by atoms with Crippen LogP contribution in [0.2, 0.25) is 0 Å². The predicted octanol–water partition coefficient (Wildman–Crippen LogP) is 2.14. The van der Waals surface area contributed by atoms with Crippen molar-refractivity contribution in [3.05, 3.63) is 10.8 Å². The van der Waals surface area contributed by atoms with E-state index in [4.69, 9.17) is 9.84 Å². The Morgan fingerprint density at radius 2 is 2.20 bits per heavy atom. The molecule has 2 aromatic heterocycles. The first kappa shape index (κ1) is 13.9. The summed E-state index contributed by atoms with van der Waals surface area (Å²) in [4.78, 5) is 0.895. The van der Waals surface area contributed by atoms with Gasteiger partial charge in [-0.3, -0.25) is 0 Å². The smallest absolute Gasteiger partial charge is 0.234 e. The van der Waals surface area contributed by atoms with E-state index in [1.165, 1.54) is 0 Å². The van der Waals surface area contributed by atoms with Gasteiger partial charge in [0, 0.05) is 19.1 Å². The van der Waals surface area contributed by atoms with Gasteiger partial charge < -0.3 is 10.1 Å². The van der Waals surface area contributed by atoms with Crippen molar-refractivity contribution in [1.82, 2.24) is 25.1 Å². The van der Waals surface area contributed by atoms with E-state index < -0.39 is 0 Å². The Morgan fingerprint density at radius 1 is 1.40 bits per heavy atom. The maximum absolute atomic E-state index is 5.41. The van der Waals surface area contributed by atoms with Crippen LogP contribution in [-0.4, -0.2) is 39.6 Å². The molecule has 1 fully saturated rings. The van der Waals surface area contributed by atoms with Crippen LogP contribution >= 0.6 is 11.3 Å². The van der Waals surface area contributed by atoms with Gasteiger partial charge in [-0.15, -0.1) is 10.2 Å². The van der Waals surface area contributed by atoms with E-state index >= 15 is 0 Å². The number of ether oxygens (including phenoxy) is 1. The second-order valence-electron chi connectivity index (χ2n) is 5.26. The SMILES string of the molecule is CCCNC(C)c1nn2c(C3CCOCC3)nnc2s1. The van der Waals surface area contributed by atoms with Crippen LogP contribution in [0, 0.1) is 0 Å². The highest BCUT2D eigenvalue weighted by Gasteiger charge is 2.24. The Morgan fingerprint density at radius 3 is 2.95 bits per heavy atom. The molecular formula is C13H21N5OS. The lowest BCUT2D eigenvalue weighted by molar-refractivity contribution is 0.0831. The van der Waals surface area contributed by atoms with Gasteiger partial charge in [0.1, 0.15) is 5.01 Å². The molecule has 7 heteroatoms. The lowest BCUT2D eigenvalue weighted by Crippen LogP contribution is -2.20. The van der Waals surface area contributed by atoms with Crippen LogP contribution in [0.1, 0.15) is 55.9 Å². The summed E-state index contributed by atoms with van der Waals surface area (Å²) in [5.41, 5.74) is 0. The number of hydrogen-bond donors (Lipinski definition) is 1. The predicted molar refractivity (Wildman–Crippen MR) is 78.2 cm³/mol. The average molecular weight is 295 g/mol. The molecule has 3 heterocycles. The van der Waals surface area contributed by atoms with Crippen molar-refractivity contribution in [2.24, 2.45) is 0 Å². The highest BCUT2D eigenvalue weighted by molar-refractivity contribution is 7.16. The third kappa shape index (κ3) is 2.70. The van der Waals surface area contributed by atoms with Gasteiger partial charge in [0.05, 0.1) is 6.04 Å². The number of nitrogens with one attached hydrogen (secondary N) is 1. The number of nitrogens with zero attached hydrogens (tertiary/aromatic N) is 4. The molecule has 20 heavy (non-hydrogen) atoms. The van der Waals surface area contributed by atoms with Crippen LogP contribution in [0.3, 0.4) is 0 Å². The van der Waals surface area contributed by atoms with Crippen molar-refractivity contribution in [2.45, 2.75) is 45.1 Å². The number of rotatable bonds is 5. The van der Waals surface area contributed by atoms with Gasteiger partial charge in [-0.25, -0.2) is 0 Å². The van der Waals surface area contributed by atoms with Crippen LogP contribution < -0.4 is 5.32 Å². The van der Waals surface area contributed by atoms with Crippen molar-refractivity contribution < 1.29 is 4.74 Å². The third-order valence-corrected chi connectivity index (χ3v) is 4.77. The molecule has 110 valence electrons. The molecule has 0 bridgehead atoms. The van der Waals surface area contributed by atoms with E-state index in [0.717, 1.165) is 54.8 Å². The Kier molecular flexibility index (Phi) is 4.28. The highest BCUT2D eigenvalue weighted by atomic mass is 32.1. The first-order chi connectivity index (χ1) is 9.79. The average Bonchev–Trinajstić information content (AvgIpc) is 3.05. The van der Waals surface area contributed by atoms with Crippen molar-refractivity contribution in [1.29, 1.82) is 0 Å². The third-order valence-electron chi connectivity index (χ3n) is 3.69. The fourth-order valence-corrected chi connectivity index (χ4v) is 3.35. The van der Waals surface area contributed by atoms with Crippen LogP contribution in [0.5, 0.6) is 0 Å². The molecule has 0 aliphatic carbocycles.